The quantitative estimate of drug-likeness (QED) is 0.470. The summed E-state index contributed by atoms with van der Waals surface area (Å²) in [6.07, 6.45) is 5.04. The lowest BCUT2D eigenvalue weighted by atomic mass is 10.1. The number of aromatic nitrogens is 4. The number of anilines is 1. The molecule has 29 heavy (non-hydrogen) atoms. The molecule has 0 bridgehead atoms. The number of aromatic amines is 1. The predicted molar refractivity (Wildman–Crippen MR) is 111 cm³/mol. The van der Waals surface area contributed by atoms with Gasteiger partial charge in [0.15, 0.2) is 0 Å². The molecule has 0 aliphatic carbocycles. The minimum Gasteiger partial charge on any atom is -0.366 e. The van der Waals surface area contributed by atoms with Gasteiger partial charge in [0.25, 0.3) is 0 Å². The highest BCUT2D eigenvalue weighted by Crippen LogP contribution is 2.39. The highest BCUT2D eigenvalue weighted by Gasteiger charge is 2.18. The van der Waals surface area contributed by atoms with E-state index in [-0.39, 0.29) is 5.91 Å². The van der Waals surface area contributed by atoms with Crippen molar-refractivity contribution in [3.63, 3.8) is 0 Å². The summed E-state index contributed by atoms with van der Waals surface area (Å²) in [5.41, 5.74) is 8.15. The van der Waals surface area contributed by atoms with Gasteiger partial charge in [0, 0.05) is 42.2 Å². The van der Waals surface area contributed by atoms with Crippen molar-refractivity contribution in [3.8, 4) is 32.5 Å². The molecule has 3 heterocycles. The van der Waals surface area contributed by atoms with Gasteiger partial charge in [-0.05, 0) is 24.3 Å². The van der Waals surface area contributed by atoms with Crippen LogP contribution >= 0.6 is 11.3 Å². The number of nitrogens with two attached hydrogens (primary N) is 1. The van der Waals surface area contributed by atoms with E-state index in [9.17, 15) is 9.59 Å². The SMILES string of the molecule is CC(=O)Nc1cc(-c2nc(-c3ccc(C(N)=O)cc3)c(-c3ncc[nH]3)s2)ccn1. The lowest BCUT2D eigenvalue weighted by molar-refractivity contribution is -0.114. The second-order valence-corrected chi connectivity index (χ2v) is 7.19. The summed E-state index contributed by atoms with van der Waals surface area (Å²) in [7, 11) is 0. The van der Waals surface area contributed by atoms with Crippen molar-refractivity contribution in [2.24, 2.45) is 5.73 Å². The van der Waals surface area contributed by atoms with Crippen LogP contribution in [-0.2, 0) is 4.79 Å². The molecule has 4 rings (SSSR count). The van der Waals surface area contributed by atoms with Crippen LogP contribution in [0.5, 0.6) is 0 Å². The van der Waals surface area contributed by atoms with Crippen molar-refractivity contribution < 1.29 is 9.59 Å². The number of amides is 2. The van der Waals surface area contributed by atoms with E-state index in [1.54, 1.807) is 48.9 Å². The maximum absolute atomic E-state index is 11.4. The van der Waals surface area contributed by atoms with E-state index in [0.29, 0.717) is 17.2 Å². The zero-order chi connectivity index (χ0) is 20.4. The third-order valence-electron chi connectivity index (χ3n) is 4.09. The van der Waals surface area contributed by atoms with E-state index in [4.69, 9.17) is 10.7 Å². The minimum absolute atomic E-state index is 0.194. The third-order valence-corrected chi connectivity index (χ3v) is 5.21. The van der Waals surface area contributed by atoms with Crippen molar-refractivity contribution in [2.45, 2.75) is 6.92 Å². The first-order chi connectivity index (χ1) is 14.0. The van der Waals surface area contributed by atoms with Crippen LogP contribution in [0.2, 0.25) is 0 Å². The molecule has 0 aliphatic rings. The lowest BCUT2D eigenvalue weighted by Gasteiger charge is -2.02. The number of hydrogen-bond donors (Lipinski definition) is 3. The molecule has 0 fully saturated rings. The van der Waals surface area contributed by atoms with Crippen molar-refractivity contribution in [2.75, 3.05) is 5.32 Å². The maximum Gasteiger partial charge on any atom is 0.248 e. The summed E-state index contributed by atoms with van der Waals surface area (Å²) in [5.74, 6) is 0.473. The van der Waals surface area contributed by atoms with Gasteiger partial charge in [-0.15, -0.1) is 11.3 Å². The molecule has 0 spiro atoms. The number of hydrogen-bond acceptors (Lipinski definition) is 6. The molecule has 2 amide bonds. The topological polar surface area (TPSA) is 127 Å². The Morgan fingerprint density at radius 1 is 1.07 bits per heavy atom. The van der Waals surface area contributed by atoms with Crippen LogP contribution in [0.4, 0.5) is 5.82 Å². The first-order valence-electron chi connectivity index (χ1n) is 8.66. The van der Waals surface area contributed by atoms with E-state index < -0.39 is 5.91 Å². The van der Waals surface area contributed by atoms with Gasteiger partial charge in [-0.2, -0.15) is 0 Å². The molecular weight excluding hydrogens is 388 g/mol. The van der Waals surface area contributed by atoms with E-state index in [1.165, 1.54) is 18.3 Å². The Morgan fingerprint density at radius 3 is 2.52 bits per heavy atom. The Bertz CT molecular complexity index is 1180. The number of carbonyl (C=O) groups excluding carboxylic acids is 2. The van der Waals surface area contributed by atoms with Gasteiger partial charge in [0.05, 0.1) is 10.6 Å². The van der Waals surface area contributed by atoms with Gasteiger partial charge in [0.1, 0.15) is 16.6 Å². The lowest BCUT2D eigenvalue weighted by Crippen LogP contribution is -2.10. The van der Waals surface area contributed by atoms with E-state index in [1.807, 2.05) is 6.07 Å². The van der Waals surface area contributed by atoms with Crippen LogP contribution in [0.3, 0.4) is 0 Å². The Kier molecular flexibility index (Phi) is 4.88. The molecule has 1 aromatic carbocycles. The molecule has 144 valence electrons. The van der Waals surface area contributed by atoms with Crippen molar-refractivity contribution >= 4 is 29.0 Å². The zero-order valence-corrected chi connectivity index (χ0v) is 16.2. The molecule has 9 heteroatoms. The minimum atomic E-state index is -0.482. The Hall–Kier alpha value is -3.85. The van der Waals surface area contributed by atoms with Crippen molar-refractivity contribution in [3.05, 3.63) is 60.6 Å². The Morgan fingerprint density at radius 2 is 1.86 bits per heavy atom. The second kappa shape index (κ2) is 7.64. The summed E-state index contributed by atoms with van der Waals surface area (Å²) >= 11 is 1.47. The molecule has 0 saturated heterocycles. The highest BCUT2D eigenvalue weighted by molar-refractivity contribution is 7.18. The van der Waals surface area contributed by atoms with Gasteiger partial charge in [0.2, 0.25) is 11.8 Å². The molecule has 0 radical (unpaired) electrons. The predicted octanol–water partition coefficient (Wildman–Crippen LogP) is 3.32. The van der Waals surface area contributed by atoms with Crippen molar-refractivity contribution in [1.29, 1.82) is 0 Å². The number of nitrogens with one attached hydrogen (secondary N) is 2. The first kappa shape index (κ1) is 18.5. The average Bonchev–Trinajstić information content (AvgIpc) is 3.37. The standard InChI is InChI=1S/C20H16N6O2S/c1-11(27)25-15-10-14(6-7-22-15)20-26-16(17(29-20)19-23-8-9-24-19)12-2-4-13(5-3-12)18(21)28/h2-10H,1H3,(H2,21,28)(H,23,24)(H,22,25,27). The summed E-state index contributed by atoms with van der Waals surface area (Å²) in [4.78, 5) is 40.0. The van der Waals surface area contributed by atoms with Gasteiger partial charge >= 0.3 is 0 Å². The second-order valence-electron chi connectivity index (χ2n) is 6.19. The molecule has 0 saturated carbocycles. The molecule has 4 N–H and O–H groups in total. The van der Waals surface area contributed by atoms with Crippen LogP contribution in [0.15, 0.2) is 55.0 Å². The summed E-state index contributed by atoms with van der Waals surface area (Å²) in [6, 6.07) is 10.6. The van der Waals surface area contributed by atoms with Crippen LogP contribution in [0.1, 0.15) is 17.3 Å². The van der Waals surface area contributed by atoms with Gasteiger partial charge in [-0.25, -0.2) is 15.0 Å². The molecule has 0 atom stereocenters. The van der Waals surface area contributed by atoms with Crippen LogP contribution in [-0.4, -0.2) is 31.8 Å². The molecule has 4 aromatic rings. The van der Waals surface area contributed by atoms with Crippen LogP contribution < -0.4 is 11.1 Å². The zero-order valence-electron chi connectivity index (χ0n) is 15.3. The smallest absolute Gasteiger partial charge is 0.248 e. The number of H-pyrrole nitrogens is 1. The van der Waals surface area contributed by atoms with E-state index >= 15 is 0 Å². The van der Waals surface area contributed by atoms with E-state index in [0.717, 1.165) is 26.7 Å². The number of carbonyl (C=O) groups is 2. The number of benzene rings is 1. The molecular formula is C20H16N6O2S. The molecule has 3 aromatic heterocycles. The monoisotopic (exact) mass is 404 g/mol. The van der Waals surface area contributed by atoms with Gasteiger partial charge in [-0.1, -0.05) is 12.1 Å². The van der Waals surface area contributed by atoms with Crippen molar-refractivity contribution in [1.82, 2.24) is 19.9 Å². The number of imidazole rings is 1. The highest BCUT2D eigenvalue weighted by atomic mass is 32.1. The van der Waals surface area contributed by atoms with Crippen LogP contribution in [0.25, 0.3) is 32.5 Å². The van der Waals surface area contributed by atoms with Gasteiger partial charge < -0.3 is 16.0 Å². The maximum atomic E-state index is 11.4. The van der Waals surface area contributed by atoms with Crippen LogP contribution in [0, 0.1) is 0 Å². The summed E-state index contributed by atoms with van der Waals surface area (Å²) in [6.45, 7) is 1.43. The number of rotatable bonds is 5. The fraction of sp³-hybridized carbons (Fsp3) is 0.0500. The van der Waals surface area contributed by atoms with Gasteiger partial charge in [-0.3, -0.25) is 9.59 Å². The fourth-order valence-corrected chi connectivity index (χ4v) is 3.84. The van der Waals surface area contributed by atoms with E-state index in [2.05, 4.69) is 20.3 Å². The third kappa shape index (κ3) is 3.90. The Labute approximate surface area is 169 Å². The first-order valence-corrected chi connectivity index (χ1v) is 9.48. The summed E-state index contributed by atoms with van der Waals surface area (Å²) in [5, 5.41) is 3.43. The fourth-order valence-electron chi connectivity index (χ4n) is 2.79. The molecule has 0 aliphatic heterocycles. The number of pyridine rings is 1. The Balaban J connectivity index is 1.81. The number of primary amides is 1. The number of thiazole rings is 1. The normalized spacial score (nSPS) is 10.7. The number of nitrogens with zero attached hydrogens (tertiary/aromatic N) is 3. The summed E-state index contributed by atoms with van der Waals surface area (Å²) < 4.78 is 0. The average molecular weight is 404 g/mol. The molecule has 8 nitrogen and oxygen atoms in total. The largest absolute Gasteiger partial charge is 0.366 e. The molecule has 0 unspecified atom stereocenters.